The minimum absolute atomic E-state index is 0.0743. The number of nitrogens with one attached hydrogen (secondary N) is 2. The number of amides is 1. The summed E-state index contributed by atoms with van der Waals surface area (Å²) in [5, 5.41) is 6.96. The molecule has 0 radical (unpaired) electrons. The van der Waals surface area contributed by atoms with Gasteiger partial charge in [-0.1, -0.05) is 12.1 Å². The summed E-state index contributed by atoms with van der Waals surface area (Å²) in [6, 6.07) is 7.36. The average molecular weight is 367 g/mol. The Morgan fingerprint density at radius 2 is 2.04 bits per heavy atom. The van der Waals surface area contributed by atoms with Crippen LogP contribution < -0.4 is 10.9 Å². The number of benzene rings is 1. The maximum atomic E-state index is 13.9. The molecule has 0 saturated heterocycles. The lowest BCUT2D eigenvalue weighted by molar-refractivity contribution is 0.102. The van der Waals surface area contributed by atoms with Crippen LogP contribution in [0.3, 0.4) is 0 Å². The Balaban J connectivity index is 1.72. The molecule has 0 atom stereocenters. The van der Waals surface area contributed by atoms with Crippen LogP contribution in [0.2, 0.25) is 0 Å². The third-order valence-corrected chi connectivity index (χ3v) is 4.57. The molecule has 2 aromatic heterocycles. The first-order valence-electron chi connectivity index (χ1n) is 8.78. The number of aryl methyl sites for hydroxylation is 2. The van der Waals surface area contributed by atoms with Crippen molar-refractivity contribution in [3.8, 4) is 5.95 Å². The van der Waals surface area contributed by atoms with Crippen molar-refractivity contribution in [2.24, 2.45) is 0 Å². The van der Waals surface area contributed by atoms with E-state index in [2.05, 4.69) is 20.4 Å². The van der Waals surface area contributed by atoms with Crippen molar-refractivity contribution in [3.63, 3.8) is 0 Å². The molecule has 2 N–H and O–H groups in total. The summed E-state index contributed by atoms with van der Waals surface area (Å²) in [6.07, 6.45) is 3.41. The molecular weight excluding hydrogens is 349 g/mol. The summed E-state index contributed by atoms with van der Waals surface area (Å²) in [5.41, 5.74) is 1.84. The van der Waals surface area contributed by atoms with Gasteiger partial charge in [0.05, 0.1) is 17.0 Å². The SMILES string of the molecule is Cc1cc(NC(=O)c2ccccc2F)n(-c2nc3c(c(=O)[nH]2)CCCC3)n1. The molecule has 1 aliphatic carbocycles. The number of hydrogen-bond acceptors (Lipinski definition) is 4. The number of carbonyl (C=O) groups is 1. The molecule has 3 aromatic rings. The first-order chi connectivity index (χ1) is 13.0. The van der Waals surface area contributed by atoms with Crippen molar-refractivity contribution >= 4 is 11.7 Å². The van der Waals surface area contributed by atoms with Crippen molar-refractivity contribution in [3.05, 3.63) is 69.0 Å². The van der Waals surface area contributed by atoms with E-state index in [9.17, 15) is 14.0 Å². The molecule has 1 aromatic carbocycles. The normalized spacial score (nSPS) is 13.3. The fraction of sp³-hybridized carbons (Fsp3) is 0.263. The number of aromatic amines is 1. The van der Waals surface area contributed by atoms with Gasteiger partial charge in [-0.05, 0) is 44.7 Å². The van der Waals surface area contributed by atoms with Crippen LogP contribution >= 0.6 is 0 Å². The van der Waals surface area contributed by atoms with Crippen LogP contribution in [0, 0.1) is 12.7 Å². The predicted octanol–water partition coefficient (Wildman–Crippen LogP) is 2.53. The third kappa shape index (κ3) is 3.25. The Bertz CT molecular complexity index is 1090. The number of aromatic nitrogens is 4. The van der Waals surface area contributed by atoms with E-state index in [4.69, 9.17) is 0 Å². The van der Waals surface area contributed by atoms with Crippen LogP contribution in [-0.2, 0) is 12.8 Å². The van der Waals surface area contributed by atoms with Gasteiger partial charge >= 0.3 is 0 Å². The molecular formula is C19H18FN5O2. The fourth-order valence-corrected chi connectivity index (χ4v) is 3.27. The molecule has 1 amide bonds. The first kappa shape index (κ1) is 17.1. The van der Waals surface area contributed by atoms with Gasteiger partial charge in [0.1, 0.15) is 11.6 Å². The Labute approximate surface area is 154 Å². The molecule has 0 unspecified atom stereocenters. The van der Waals surface area contributed by atoms with E-state index in [1.165, 1.54) is 22.9 Å². The number of hydrogen-bond donors (Lipinski definition) is 2. The van der Waals surface area contributed by atoms with Crippen LogP contribution in [0.4, 0.5) is 10.2 Å². The molecule has 0 spiro atoms. The van der Waals surface area contributed by atoms with E-state index in [0.717, 1.165) is 25.0 Å². The van der Waals surface area contributed by atoms with Crippen LogP contribution in [0.25, 0.3) is 5.95 Å². The fourth-order valence-electron chi connectivity index (χ4n) is 3.27. The number of halogens is 1. The van der Waals surface area contributed by atoms with Gasteiger partial charge in [0.15, 0.2) is 0 Å². The standard InChI is InChI=1S/C19H18FN5O2/c1-11-10-16(22-17(26)12-6-2-4-8-14(12)20)25(24-11)19-21-15-9-5-3-7-13(15)18(27)23-19/h2,4,6,8,10H,3,5,7,9H2,1H3,(H,22,26)(H,21,23,27). The van der Waals surface area contributed by atoms with Crippen LogP contribution in [0.5, 0.6) is 0 Å². The van der Waals surface area contributed by atoms with E-state index < -0.39 is 11.7 Å². The second-order valence-electron chi connectivity index (χ2n) is 6.54. The summed E-state index contributed by atoms with van der Waals surface area (Å²) in [6.45, 7) is 1.76. The van der Waals surface area contributed by atoms with Crippen molar-refractivity contribution in [1.29, 1.82) is 0 Å². The highest BCUT2D eigenvalue weighted by Gasteiger charge is 2.19. The van der Waals surface area contributed by atoms with Gasteiger partial charge in [0, 0.05) is 11.6 Å². The lowest BCUT2D eigenvalue weighted by Crippen LogP contribution is -2.25. The maximum absolute atomic E-state index is 13.9. The molecule has 1 aliphatic rings. The van der Waals surface area contributed by atoms with Gasteiger partial charge in [-0.2, -0.15) is 9.78 Å². The molecule has 0 saturated carbocycles. The summed E-state index contributed by atoms with van der Waals surface area (Å²) in [7, 11) is 0. The number of carbonyl (C=O) groups excluding carboxylic acids is 1. The Morgan fingerprint density at radius 1 is 1.26 bits per heavy atom. The average Bonchev–Trinajstić information content (AvgIpc) is 3.02. The molecule has 0 aliphatic heterocycles. The second kappa shape index (κ2) is 6.79. The summed E-state index contributed by atoms with van der Waals surface area (Å²) >= 11 is 0. The molecule has 138 valence electrons. The minimum atomic E-state index is -0.613. The Hall–Kier alpha value is -3.29. The zero-order valence-electron chi connectivity index (χ0n) is 14.8. The topological polar surface area (TPSA) is 92.7 Å². The van der Waals surface area contributed by atoms with Crippen molar-refractivity contribution < 1.29 is 9.18 Å². The summed E-state index contributed by atoms with van der Waals surface area (Å²) < 4.78 is 15.2. The maximum Gasteiger partial charge on any atom is 0.259 e. The second-order valence-corrected chi connectivity index (χ2v) is 6.54. The molecule has 0 fully saturated rings. The van der Waals surface area contributed by atoms with E-state index >= 15 is 0 Å². The zero-order valence-corrected chi connectivity index (χ0v) is 14.8. The number of anilines is 1. The van der Waals surface area contributed by atoms with Gasteiger partial charge in [-0.25, -0.2) is 9.37 Å². The molecule has 8 heteroatoms. The van der Waals surface area contributed by atoms with Gasteiger partial charge in [-0.15, -0.1) is 0 Å². The van der Waals surface area contributed by atoms with Gasteiger partial charge < -0.3 is 5.32 Å². The van der Waals surface area contributed by atoms with E-state index in [1.807, 2.05) is 0 Å². The number of fused-ring (bicyclic) bond motifs is 1. The molecule has 7 nitrogen and oxygen atoms in total. The van der Waals surface area contributed by atoms with Crippen LogP contribution in [-0.4, -0.2) is 25.7 Å². The lowest BCUT2D eigenvalue weighted by atomic mass is 9.97. The van der Waals surface area contributed by atoms with E-state index in [-0.39, 0.29) is 17.1 Å². The Kier molecular flexibility index (Phi) is 4.31. The number of rotatable bonds is 3. The quantitative estimate of drug-likeness (QED) is 0.744. The van der Waals surface area contributed by atoms with Gasteiger partial charge in [0.2, 0.25) is 5.95 Å². The smallest absolute Gasteiger partial charge is 0.259 e. The van der Waals surface area contributed by atoms with Crippen molar-refractivity contribution in [1.82, 2.24) is 19.7 Å². The van der Waals surface area contributed by atoms with E-state index in [1.54, 1.807) is 19.1 Å². The van der Waals surface area contributed by atoms with E-state index in [0.29, 0.717) is 23.5 Å². The minimum Gasteiger partial charge on any atom is -0.306 e. The predicted molar refractivity (Wildman–Crippen MR) is 97.7 cm³/mol. The number of nitrogens with zero attached hydrogens (tertiary/aromatic N) is 3. The Morgan fingerprint density at radius 3 is 2.85 bits per heavy atom. The number of H-pyrrole nitrogens is 1. The van der Waals surface area contributed by atoms with Crippen LogP contribution in [0.15, 0.2) is 35.1 Å². The molecule has 0 bridgehead atoms. The first-order valence-corrected chi connectivity index (χ1v) is 8.78. The highest BCUT2D eigenvalue weighted by molar-refractivity contribution is 6.04. The van der Waals surface area contributed by atoms with Crippen LogP contribution in [0.1, 0.15) is 40.2 Å². The molecule has 2 heterocycles. The zero-order chi connectivity index (χ0) is 19.0. The highest BCUT2D eigenvalue weighted by atomic mass is 19.1. The largest absolute Gasteiger partial charge is 0.306 e. The summed E-state index contributed by atoms with van der Waals surface area (Å²) in [4.78, 5) is 32.1. The van der Waals surface area contributed by atoms with Gasteiger partial charge in [0.25, 0.3) is 11.5 Å². The monoisotopic (exact) mass is 367 g/mol. The molecule has 27 heavy (non-hydrogen) atoms. The lowest BCUT2D eigenvalue weighted by Gasteiger charge is -2.15. The molecule has 4 rings (SSSR count). The summed E-state index contributed by atoms with van der Waals surface area (Å²) in [5.74, 6) is -0.676. The third-order valence-electron chi connectivity index (χ3n) is 4.57. The van der Waals surface area contributed by atoms with Gasteiger partial charge in [-0.3, -0.25) is 14.6 Å². The van der Waals surface area contributed by atoms with Crippen molar-refractivity contribution in [2.75, 3.05) is 5.32 Å². The highest BCUT2D eigenvalue weighted by Crippen LogP contribution is 2.20. The van der Waals surface area contributed by atoms with Crippen molar-refractivity contribution in [2.45, 2.75) is 32.6 Å².